The van der Waals surface area contributed by atoms with Gasteiger partial charge in [-0.15, -0.1) is 0 Å². The quantitative estimate of drug-likeness (QED) is 0.599. The number of hydrogen-bond acceptors (Lipinski definition) is 6. The Morgan fingerprint density at radius 2 is 1.91 bits per heavy atom. The minimum absolute atomic E-state index is 0.156. The number of nitrogens with zero attached hydrogens (tertiary/aromatic N) is 2. The predicted octanol–water partition coefficient (Wildman–Crippen LogP) is 5.07. The molecule has 34 heavy (non-hydrogen) atoms. The number of imide groups is 1. The molecular formula is C27H38N2O5. The van der Waals surface area contributed by atoms with E-state index in [4.69, 9.17) is 14.3 Å². The Balaban J connectivity index is 1.57. The molecule has 186 valence electrons. The highest BCUT2D eigenvalue weighted by atomic mass is 16.8. The zero-order valence-corrected chi connectivity index (χ0v) is 21.2. The van der Waals surface area contributed by atoms with Gasteiger partial charge in [0.05, 0.1) is 17.6 Å². The summed E-state index contributed by atoms with van der Waals surface area (Å²) >= 11 is 0. The van der Waals surface area contributed by atoms with Gasteiger partial charge in [0, 0.05) is 12.1 Å². The van der Waals surface area contributed by atoms with Crippen molar-refractivity contribution in [3.05, 3.63) is 35.9 Å². The molecular weight excluding hydrogens is 432 g/mol. The fraction of sp³-hybridized carbons (Fsp3) is 0.704. The van der Waals surface area contributed by atoms with Crippen LogP contribution in [0.4, 0.5) is 4.79 Å². The van der Waals surface area contributed by atoms with E-state index in [0.717, 1.165) is 31.2 Å². The van der Waals surface area contributed by atoms with Crippen molar-refractivity contribution in [2.24, 2.45) is 16.7 Å². The van der Waals surface area contributed by atoms with Crippen LogP contribution in [0.25, 0.3) is 0 Å². The highest BCUT2D eigenvalue weighted by molar-refractivity contribution is 5.98. The van der Waals surface area contributed by atoms with Gasteiger partial charge in [-0.05, 0) is 63.4 Å². The molecule has 2 saturated carbocycles. The molecule has 2 amide bonds. The van der Waals surface area contributed by atoms with Gasteiger partial charge in [-0.2, -0.15) is 5.06 Å². The average molecular weight is 471 g/mol. The summed E-state index contributed by atoms with van der Waals surface area (Å²) in [5.74, 6) is 0.250. The van der Waals surface area contributed by atoms with Gasteiger partial charge < -0.3 is 9.47 Å². The molecule has 2 heterocycles. The number of fused-ring (bicyclic) bond motifs is 3. The number of carbonyl (C=O) groups is 2. The largest absolute Gasteiger partial charge is 0.419 e. The molecule has 7 nitrogen and oxygen atoms in total. The molecule has 0 spiro atoms. The summed E-state index contributed by atoms with van der Waals surface area (Å²) in [5.41, 5.74) is -0.363. The van der Waals surface area contributed by atoms with Crippen LogP contribution in [0, 0.1) is 16.7 Å². The van der Waals surface area contributed by atoms with Crippen molar-refractivity contribution in [3.63, 3.8) is 0 Å². The number of hydrogen-bond donors (Lipinski definition) is 0. The molecule has 6 atom stereocenters. The average Bonchev–Trinajstić information content (AvgIpc) is 3.45. The lowest BCUT2D eigenvalue weighted by molar-refractivity contribution is -0.255. The van der Waals surface area contributed by atoms with E-state index in [1.54, 1.807) is 0 Å². The third-order valence-corrected chi connectivity index (χ3v) is 8.82. The first-order chi connectivity index (χ1) is 16.0. The molecule has 4 aliphatic rings. The van der Waals surface area contributed by atoms with E-state index in [2.05, 4.69) is 41.5 Å². The van der Waals surface area contributed by atoms with Crippen LogP contribution in [0.1, 0.15) is 78.8 Å². The van der Waals surface area contributed by atoms with E-state index in [0.29, 0.717) is 12.5 Å². The summed E-state index contributed by atoms with van der Waals surface area (Å²) < 4.78 is 12.0. The van der Waals surface area contributed by atoms with Gasteiger partial charge in [0.2, 0.25) is 12.2 Å². The van der Waals surface area contributed by atoms with Crippen molar-refractivity contribution in [1.82, 2.24) is 9.96 Å². The summed E-state index contributed by atoms with van der Waals surface area (Å²) in [6, 6.07) is 9.08. The standard InChI is InChI=1S/C27H38N2O5/c1-7-15-32-19-16-18-13-14-27(19,26(18,5)6)23(30)28-21-20(17-11-9-8-10-12-17)29(25(2,3)4)34-22(21)33-24(28)31/h8-12,18-22H,7,13-16H2,1-6H3/t18-,19-,20+,21-,22+,27+/m1/s1. The molecule has 2 aliphatic carbocycles. The first-order valence-corrected chi connectivity index (χ1v) is 12.7. The summed E-state index contributed by atoms with van der Waals surface area (Å²) in [5, 5.41) is 1.89. The summed E-state index contributed by atoms with van der Waals surface area (Å²) in [6.07, 6.45) is 1.86. The van der Waals surface area contributed by atoms with Crippen molar-refractivity contribution in [2.45, 2.75) is 97.2 Å². The Morgan fingerprint density at radius 3 is 2.53 bits per heavy atom. The third-order valence-electron chi connectivity index (χ3n) is 8.82. The molecule has 0 radical (unpaired) electrons. The van der Waals surface area contributed by atoms with E-state index in [1.165, 1.54) is 4.90 Å². The van der Waals surface area contributed by atoms with Gasteiger partial charge in [-0.25, -0.2) is 9.69 Å². The highest BCUT2D eigenvalue weighted by Crippen LogP contribution is 2.67. The Bertz CT molecular complexity index is 958. The van der Waals surface area contributed by atoms with E-state index in [9.17, 15) is 9.59 Å². The SMILES string of the molecule is CCCO[C@@H]1C[C@H]2CC[C@]1(C(=O)N1C(=O)O[C@H]3ON(C(C)(C)C)[C@@H](c4ccccc4)[C@H]31)C2(C)C. The van der Waals surface area contributed by atoms with Crippen LogP contribution >= 0.6 is 0 Å². The molecule has 0 unspecified atom stereocenters. The predicted molar refractivity (Wildman–Crippen MR) is 126 cm³/mol. The lowest BCUT2D eigenvalue weighted by Crippen LogP contribution is -2.57. The molecule has 1 aromatic carbocycles. The van der Waals surface area contributed by atoms with Gasteiger partial charge in [0.15, 0.2) is 0 Å². The molecule has 2 aliphatic heterocycles. The van der Waals surface area contributed by atoms with Crippen LogP contribution in [0.15, 0.2) is 30.3 Å². The highest BCUT2D eigenvalue weighted by Gasteiger charge is 2.72. The van der Waals surface area contributed by atoms with Crippen LogP contribution in [0.2, 0.25) is 0 Å². The monoisotopic (exact) mass is 470 g/mol. The van der Waals surface area contributed by atoms with Crippen LogP contribution in [0.5, 0.6) is 0 Å². The molecule has 1 aromatic rings. The van der Waals surface area contributed by atoms with Gasteiger partial charge in [0.1, 0.15) is 6.04 Å². The summed E-state index contributed by atoms with van der Waals surface area (Å²) in [7, 11) is 0. The van der Waals surface area contributed by atoms with Crippen molar-refractivity contribution in [1.29, 1.82) is 0 Å². The maximum absolute atomic E-state index is 14.6. The van der Waals surface area contributed by atoms with Crippen molar-refractivity contribution in [2.75, 3.05) is 6.61 Å². The number of benzene rings is 1. The molecule has 5 rings (SSSR count). The fourth-order valence-corrected chi connectivity index (χ4v) is 7.04. The zero-order valence-electron chi connectivity index (χ0n) is 21.2. The Labute approximate surface area is 202 Å². The second-order valence-electron chi connectivity index (χ2n) is 11.9. The van der Waals surface area contributed by atoms with Crippen LogP contribution in [-0.2, 0) is 19.1 Å². The maximum Gasteiger partial charge on any atom is 0.419 e. The topological polar surface area (TPSA) is 68.3 Å². The number of carbonyl (C=O) groups excluding carboxylic acids is 2. The Morgan fingerprint density at radius 1 is 1.21 bits per heavy atom. The minimum Gasteiger partial charge on any atom is -0.415 e. The number of amides is 2. The van der Waals surface area contributed by atoms with Crippen molar-refractivity contribution < 1.29 is 23.9 Å². The van der Waals surface area contributed by atoms with Gasteiger partial charge in [-0.3, -0.25) is 9.63 Å². The number of ether oxygens (including phenoxy) is 2. The van der Waals surface area contributed by atoms with E-state index in [-0.39, 0.29) is 29.0 Å². The Hall–Kier alpha value is -1.96. The van der Waals surface area contributed by atoms with E-state index < -0.39 is 23.8 Å². The van der Waals surface area contributed by atoms with E-state index >= 15 is 0 Å². The van der Waals surface area contributed by atoms with Crippen LogP contribution in [0.3, 0.4) is 0 Å². The molecule has 2 saturated heterocycles. The van der Waals surface area contributed by atoms with Gasteiger partial charge in [-0.1, -0.05) is 51.1 Å². The molecule has 0 N–H and O–H groups in total. The number of rotatable bonds is 5. The molecule has 0 aromatic heterocycles. The molecule has 2 bridgehead atoms. The lowest BCUT2D eigenvalue weighted by Gasteiger charge is -2.44. The van der Waals surface area contributed by atoms with Gasteiger partial charge >= 0.3 is 6.09 Å². The van der Waals surface area contributed by atoms with Crippen LogP contribution < -0.4 is 0 Å². The van der Waals surface area contributed by atoms with Crippen LogP contribution in [-0.4, -0.2) is 52.5 Å². The zero-order chi connectivity index (χ0) is 24.5. The molecule has 4 fully saturated rings. The summed E-state index contributed by atoms with van der Waals surface area (Å²) in [4.78, 5) is 35.5. The first-order valence-electron chi connectivity index (χ1n) is 12.7. The second kappa shape index (κ2) is 8.04. The maximum atomic E-state index is 14.6. The third kappa shape index (κ3) is 3.20. The normalized spacial score (nSPS) is 36.7. The fourth-order valence-electron chi connectivity index (χ4n) is 7.04. The molecule has 7 heteroatoms. The number of hydroxylamine groups is 2. The second-order valence-corrected chi connectivity index (χ2v) is 11.9. The minimum atomic E-state index is -0.825. The summed E-state index contributed by atoms with van der Waals surface area (Å²) in [6.45, 7) is 13.2. The lowest BCUT2D eigenvalue weighted by atomic mass is 9.67. The van der Waals surface area contributed by atoms with E-state index in [1.807, 2.05) is 35.4 Å². The van der Waals surface area contributed by atoms with Gasteiger partial charge in [0.25, 0.3) is 0 Å². The van der Waals surface area contributed by atoms with Crippen molar-refractivity contribution >= 4 is 12.0 Å². The van der Waals surface area contributed by atoms with Crippen molar-refractivity contribution in [3.8, 4) is 0 Å². The Kier molecular flexibility index (Phi) is 5.62. The first kappa shape index (κ1) is 23.8. The smallest absolute Gasteiger partial charge is 0.415 e.